The second-order valence-electron chi connectivity index (χ2n) is 9.56. The Kier molecular flexibility index (Phi) is 9.68. The van der Waals surface area contributed by atoms with E-state index in [1.165, 1.54) is 44.9 Å². The summed E-state index contributed by atoms with van der Waals surface area (Å²) in [4.78, 5) is 2.39. The fourth-order valence-corrected chi connectivity index (χ4v) is 5.45. The summed E-state index contributed by atoms with van der Waals surface area (Å²) in [7, 11) is 0. The van der Waals surface area contributed by atoms with Gasteiger partial charge in [0.1, 0.15) is 5.54 Å². The molecule has 3 rings (SSSR count). The summed E-state index contributed by atoms with van der Waals surface area (Å²) >= 11 is 0. The molecular formula is C27H42N2O2. The van der Waals surface area contributed by atoms with Crippen molar-refractivity contribution in [3.05, 3.63) is 30.3 Å². The Morgan fingerprint density at radius 3 is 2.52 bits per heavy atom. The first-order chi connectivity index (χ1) is 15.2. The number of para-hydroxylation sites is 1. The van der Waals surface area contributed by atoms with Crippen LogP contribution >= 0.6 is 0 Å². The van der Waals surface area contributed by atoms with Crippen molar-refractivity contribution >= 4 is 5.69 Å². The van der Waals surface area contributed by atoms with Crippen LogP contribution in [0.5, 0.6) is 0 Å². The van der Waals surface area contributed by atoms with Crippen molar-refractivity contribution in [3.63, 3.8) is 0 Å². The molecule has 2 aliphatic rings. The third kappa shape index (κ3) is 6.70. The van der Waals surface area contributed by atoms with Gasteiger partial charge in [0, 0.05) is 24.8 Å². The van der Waals surface area contributed by atoms with Crippen molar-refractivity contribution in [1.29, 1.82) is 5.26 Å². The summed E-state index contributed by atoms with van der Waals surface area (Å²) in [6.45, 7) is 5.31. The molecular weight excluding hydrogens is 384 g/mol. The topological polar surface area (TPSA) is 45.5 Å². The first-order valence-corrected chi connectivity index (χ1v) is 12.7. The standard InChI is InChI=1S/C27H42N2O2/c1-3-4-5-6-7-8-13-18-27(22-28)21-25(31-26-17-12-14-19-30-26)20-23(2)29(27)24-15-10-9-11-16-24/h9-11,15-16,23,25-26H,3-8,12-14,17-21H2,1-2H3/t23-,25+,26?,27+/m1/s1. The van der Waals surface area contributed by atoms with Gasteiger partial charge in [0.05, 0.1) is 12.2 Å². The van der Waals surface area contributed by atoms with Crippen molar-refractivity contribution in [1.82, 2.24) is 0 Å². The zero-order chi connectivity index (χ0) is 21.9. The molecule has 31 heavy (non-hydrogen) atoms. The third-order valence-electron chi connectivity index (χ3n) is 6.99. The van der Waals surface area contributed by atoms with E-state index in [2.05, 4.69) is 55.1 Å². The summed E-state index contributed by atoms with van der Waals surface area (Å²) < 4.78 is 12.3. The Bertz CT molecular complexity index is 668. The first kappa shape index (κ1) is 24.1. The van der Waals surface area contributed by atoms with E-state index in [4.69, 9.17) is 9.47 Å². The fourth-order valence-electron chi connectivity index (χ4n) is 5.45. The van der Waals surface area contributed by atoms with Crippen molar-refractivity contribution in [2.75, 3.05) is 11.5 Å². The minimum absolute atomic E-state index is 0.0854. The van der Waals surface area contributed by atoms with Gasteiger partial charge in [0.25, 0.3) is 0 Å². The lowest BCUT2D eigenvalue weighted by Gasteiger charge is -2.51. The SMILES string of the molecule is CCCCCCCCC[C@@]1(C#N)C[C@@H](OC2CCCCO2)C[C@@H](C)N1c1ccccc1. The summed E-state index contributed by atoms with van der Waals surface area (Å²) in [5.41, 5.74) is 0.647. The molecule has 1 aromatic carbocycles. The van der Waals surface area contributed by atoms with Crippen LogP contribution in [0.1, 0.15) is 97.3 Å². The minimum atomic E-state index is -0.512. The van der Waals surface area contributed by atoms with Crippen LogP contribution in [-0.2, 0) is 9.47 Å². The molecule has 172 valence electrons. The van der Waals surface area contributed by atoms with Crippen LogP contribution in [0, 0.1) is 11.3 Å². The van der Waals surface area contributed by atoms with Crippen LogP contribution in [0.2, 0.25) is 0 Å². The number of unbranched alkanes of at least 4 members (excludes halogenated alkanes) is 6. The Morgan fingerprint density at radius 2 is 1.84 bits per heavy atom. The molecule has 4 nitrogen and oxygen atoms in total. The highest BCUT2D eigenvalue weighted by Crippen LogP contribution is 2.41. The van der Waals surface area contributed by atoms with Crippen LogP contribution in [0.3, 0.4) is 0 Å². The van der Waals surface area contributed by atoms with Gasteiger partial charge in [-0.3, -0.25) is 0 Å². The summed E-state index contributed by atoms with van der Waals surface area (Å²) in [6.07, 6.45) is 14.7. The fraction of sp³-hybridized carbons (Fsp3) is 0.741. The molecule has 0 aromatic heterocycles. The molecule has 0 N–H and O–H groups in total. The summed E-state index contributed by atoms with van der Waals surface area (Å²) in [5.74, 6) is 0. The van der Waals surface area contributed by atoms with Crippen LogP contribution < -0.4 is 4.90 Å². The van der Waals surface area contributed by atoms with Gasteiger partial charge in [-0.15, -0.1) is 0 Å². The van der Waals surface area contributed by atoms with Crippen LogP contribution in [0.4, 0.5) is 5.69 Å². The smallest absolute Gasteiger partial charge is 0.157 e. The van der Waals surface area contributed by atoms with E-state index in [9.17, 15) is 5.26 Å². The Hall–Kier alpha value is -1.57. The quantitative estimate of drug-likeness (QED) is 0.358. The lowest BCUT2D eigenvalue weighted by atomic mass is 9.78. The Balaban J connectivity index is 1.69. The van der Waals surface area contributed by atoms with Gasteiger partial charge in [-0.1, -0.05) is 70.1 Å². The highest BCUT2D eigenvalue weighted by atomic mass is 16.7. The molecule has 0 radical (unpaired) electrons. The predicted molar refractivity (Wildman–Crippen MR) is 127 cm³/mol. The molecule has 1 aromatic rings. The molecule has 1 unspecified atom stereocenters. The zero-order valence-electron chi connectivity index (χ0n) is 19.7. The number of benzene rings is 1. The van der Waals surface area contributed by atoms with E-state index >= 15 is 0 Å². The van der Waals surface area contributed by atoms with Gasteiger partial charge in [-0.2, -0.15) is 5.26 Å². The predicted octanol–water partition coefficient (Wildman–Crippen LogP) is 6.99. The highest BCUT2D eigenvalue weighted by molar-refractivity contribution is 5.53. The van der Waals surface area contributed by atoms with E-state index < -0.39 is 5.54 Å². The maximum Gasteiger partial charge on any atom is 0.157 e. The van der Waals surface area contributed by atoms with E-state index in [0.717, 1.165) is 50.8 Å². The molecule has 0 saturated carbocycles. The molecule has 0 bridgehead atoms. The number of nitriles is 1. The summed E-state index contributed by atoms with van der Waals surface area (Å²) in [6, 6.07) is 13.6. The van der Waals surface area contributed by atoms with Gasteiger partial charge in [0.15, 0.2) is 6.29 Å². The van der Waals surface area contributed by atoms with Crippen molar-refractivity contribution in [2.45, 2.75) is 121 Å². The Morgan fingerprint density at radius 1 is 1.10 bits per heavy atom. The van der Waals surface area contributed by atoms with E-state index in [0.29, 0.717) is 0 Å². The highest BCUT2D eigenvalue weighted by Gasteiger charge is 2.46. The second kappa shape index (κ2) is 12.5. The van der Waals surface area contributed by atoms with E-state index in [1.54, 1.807) is 0 Å². The van der Waals surface area contributed by atoms with Gasteiger partial charge >= 0.3 is 0 Å². The number of hydrogen-bond donors (Lipinski definition) is 0. The van der Waals surface area contributed by atoms with E-state index in [1.807, 2.05) is 0 Å². The largest absolute Gasteiger partial charge is 0.353 e. The number of nitrogens with zero attached hydrogens (tertiary/aromatic N) is 2. The van der Waals surface area contributed by atoms with Gasteiger partial charge < -0.3 is 14.4 Å². The molecule has 4 atom stereocenters. The van der Waals surface area contributed by atoms with Gasteiger partial charge in [0.2, 0.25) is 0 Å². The van der Waals surface area contributed by atoms with Crippen LogP contribution in [0.25, 0.3) is 0 Å². The lowest BCUT2D eigenvalue weighted by molar-refractivity contribution is -0.196. The van der Waals surface area contributed by atoms with Crippen molar-refractivity contribution in [3.8, 4) is 6.07 Å². The summed E-state index contributed by atoms with van der Waals surface area (Å²) in [5, 5.41) is 10.5. The molecule has 2 saturated heterocycles. The molecule has 2 aliphatic heterocycles. The van der Waals surface area contributed by atoms with Crippen molar-refractivity contribution in [2.24, 2.45) is 0 Å². The van der Waals surface area contributed by atoms with E-state index in [-0.39, 0.29) is 18.4 Å². The number of piperidine rings is 1. The van der Waals surface area contributed by atoms with Crippen LogP contribution in [0.15, 0.2) is 30.3 Å². The molecule has 4 heteroatoms. The third-order valence-corrected chi connectivity index (χ3v) is 6.99. The molecule has 2 fully saturated rings. The average Bonchev–Trinajstić information content (AvgIpc) is 2.79. The molecule has 0 spiro atoms. The Labute approximate surface area is 189 Å². The number of rotatable bonds is 11. The molecule has 2 heterocycles. The number of anilines is 1. The van der Waals surface area contributed by atoms with Crippen LogP contribution in [-0.4, -0.2) is 30.6 Å². The number of hydrogen-bond acceptors (Lipinski definition) is 4. The minimum Gasteiger partial charge on any atom is -0.353 e. The maximum atomic E-state index is 10.5. The normalized spacial score (nSPS) is 28.9. The van der Waals surface area contributed by atoms with Crippen molar-refractivity contribution < 1.29 is 9.47 Å². The maximum absolute atomic E-state index is 10.5. The number of ether oxygens (including phenoxy) is 2. The van der Waals surface area contributed by atoms with Gasteiger partial charge in [-0.25, -0.2) is 0 Å². The van der Waals surface area contributed by atoms with Gasteiger partial charge in [-0.05, 0) is 51.2 Å². The zero-order valence-corrected chi connectivity index (χ0v) is 19.7. The monoisotopic (exact) mass is 426 g/mol. The molecule has 0 aliphatic carbocycles. The average molecular weight is 427 g/mol. The lowest BCUT2D eigenvalue weighted by Crippen LogP contribution is -2.59. The first-order valence-electron chi connectivity index (χ1n) is 12.7. The molecule has 0 amide bonds. The second-order valence-corrected chi connectivity index (χ2v) is 9.56.